The lowest BCUT2D eigenvalue weighted by Crippen LogP contribution is -2.50. The number of ketones is 2. The van der Waals surface area contributed by atoms with E-state index in [1.54, 1.807) is 42.2 Å². The van der Waals surface area contributed by atoms with Gasteiger partial charge in [0.15, 0.2) is 17.8 Å². The normalized spacial score (nSPS) is 20.2. The lowest BCUT2D eigenvalue weighted by atomic mass is 9.82. The Morgan fingerprint density at radius 3 is 2.31 bits per heavy atom. The molecule has 1 amide bonds. The smallest absolute Gasteiger partial charge is 0.219 e. The van der Waals surface area contributed by atoms with Crippen LogP contribution in [0.2, 0.25) is 0 Å². The van der Waals surface area contributed by atoms with Crippen molar-refractivity contribution in [2.45, 2.75) is 19.3 Å². The Bertz CT molecular complexity index is 1170. The minimum atomic E-state index is -0.682. The first-order chi connectivity index (χ1) is 16.8. The van der Waals surface area contributed by atoms with Crippen molar-refractivity contribution in [2.75, 3.05) is 63.1 Å². The zero-order valence-corrected chi connectivity index (χ0v) is 20.0. The lowest BCUT2D eigenvalue weighted by molar-refractivity contribution is -0.130. The van der Waals surface area contributed by atoms with Gasteiger partial charge in [0.2, 0.25) is 5.91 Å². The maximum Gasteiger partial charge on any atom is 0.219 e. The van der Waals surface area contributed by atoms with Gasteiger partial charge < -0.3 is 25.0 Å². The molecular formula is C26H30N4O5. The second kappa shape index (κ2) is 9.41. The monoisotopic (exact) mass is 478 g/mol. The van der Waals surface area contributed by atoms with Crippen molar-refractivity contribution < 1.29 is 24.2 Å². The summed E-state index contributed by atoms with van der Waals surface area (Å²) < 4.78 is 5.40. The summed E-state index contributed by atoms with van der Waals surface area (Å²) in [4.78, 5) is 44.4. The van der Waals surface area contributed by atoms with E-state index in [9.17, 15) is 19.5 Å². The number of nitrogens with zero attached hydrogens (tertiary/aromatic N) is 3. The third-order valence-corrected chi connectivity index (χ3v) is 7.00. The standard InChI is InChI=1S/C26H30N4O5/c1-16(31)30-11-9-29(10-12-30)14-17(32)13-27-20-7-8-21(28(2)22-15-35-22)24-23(20)25(33)18-5-3-4-6-19(18)26(24)34/h3-8,17,22,27,32H,9-15H2,1-2H3/t17-,22-/m0/s1. The zero-order valence-electron chi connectivity index (χ0n) is 20.0. The summed E-state index contributed by atoms with van der Waals surface area (Å²) in [5.41, 5.74) is 2.68. The molecule has 184 valence electrons. The van der Waals surface area contributed by atoms with Gasteiger partial charge in [-0.05, 0) is 12.1 Å². The van der Waals surface area contributed by atoms with Gasteiger partial charge in [-0.25, -0.2) is 0 Å². The van der Waals surface area contributed by atoms with Gasteiger partial charge in [0, 0.05) is 70.1 Å². The Morgan fingerprint density at radius 1 is 1.09 bits per heavy atom. The number of ether oxygens (including phenoxy) is 1. The molecule has 0 bridgehead atoms. The van der Waals surface area contributed by atoms with E-state index in [-0.39, 0.29) is 30.2 Å². The molecule has 0 saturated carbocycles. The number of hydrogen-bond donors (Lipinski definition) is 2. The van der Waals surface area contributed by atoms with E-state index in [4.69, 9.17) is 4.74 Å². The van der Waals surface area contributed by atoms with Crippen molar-refractivity contribution in [1.29, 1.82) is 0 Å². The molecule has 2 atom stereocenters. The molecule has 35 heavy (non-hydrogen) atoms. The van der Waals surface area contributed by atoms with Crippen LogP contribution in [0.1, 0.15) is 38.8 Å². The van der Waals surface area contributed by atoms with Gasteiger partial charge in [0.05, 0.1) is 29.5 Å². The number of amides is 1. The Balaban J connectivity index is 1.36. The van der Waals surface area contributed by atoms with E-state index in [1.165, 1.54) is 0 Å². The number of nitrogens with one attached hydrogen (secondary N) is 1. The van der Waals surface area contributed by atoms with Gasteiger partial charge in [-0.2, -0.15) is 0 Å². The molecule has 2 fully saturated rings. The number of rotatable bonds is 7. The number of aliphatic hydroxyl groups excluding tert-OH is 1. The number of carbonyl (C=O) groups is 3. The SMILES string of the molecule is CC(=O)N1CCN(C[C@@H](O)CNc2ccc(N(C)[C@@H]3CO3)c3c2C(=O)c2ccccc2C3=O)CC1. The van der Waals surface area contributed by atoms with Crippen molar-refractivity contribution in [3.8, 4) is 0 Å². The van der Waals surface area contributed by atoms with E-state index in [2.05, 4.69) is 10.2 Å². The van der Waals surface area contributed by atoms with Crippen molar-refractivity contribution in [3.05, 3.63) is 58.7 Å². The van der Waals surface area contributed by atoms with Crippen molar-refractivity contribution in [3.63, 3.8) is 0 Å². The topological polar surface area (TPSA) is 106 Å². The summed E-state index contributed by atoms with van der Waals surface area (Å²) in [5.74, 6) is -0.329. The van der Waals surface area contributed by atoms with Crippen LogP contribution in [0.3, 0.4) is 0 Å². The van der Waals surface area contributed by atoms with Gasteiger partial charge in [-0.15, -0.1) is 0 Å². The van der Waals surface area contributed by atoms with Crippen LogP contribution in [0, 0.1) is 0 Å². The van der Waals surface area contributed by atoms with E-state index >= 15 is 0 Å². The van der Waals surface area contributed by atoms with Crippen LogP contribution >= 0.6 is 0 Å². The lowest BCUT2D eigenvalue weighted by Gasteiger charge is -2.35. The van der Waals surface area contributed by atoms with E-state index in [1.807, 2.05) is 18.0 Å². The molecule has 2 saturated heterocycles. The third kappa shape index (κ3) is 4.54. The Kier molecular flexibility index (Phi) is 6.31. The summed E-state index contributed by atoms with van der Waals surface area (Å²) in [5, 5.41) is 13.9. The summed E-state index contributed by atoms with van der Waals surface area (Å²) in [6.07, 6.45) is -0.790. The number of β-amino-alcohol motifs (C(OH)–C–C–N with tert-alkyl or cyclic N) is 1. The molecule has 2 aliphatic heterocycles. The summed E-state index contributed by atoms with van der Waals surface area (Å²) in [6, 6.07) is 10.5. The van der Waals surface area contributed by atoms with Gasteiger partial charge in [-0.3, -0.25) is 19.3 Å². The molecule has 1 aliphatic carbocycles. The second-order valence-electron chi connectivity index (χ2n) is 9.33. The molecule has 0 unspecified atom stereocenters. The second-order valence-corrected chi connectivity index (χ2v) is 9.33. The Hall–Kier alpha value is -3.27. The first-order valence-electron chi connectivity index (χ1n) is 11.9. The van der Waals surface area contributed by atoms with E-state index in [0.29, 0.717) is 73.0 Å². The molecule has 2 N–H and O–H groups in total. The molecule has 5 rings (SSSR count). The highest BCUT2D eigenvalue weighted by molar-refractivity contribution is 6.32. The number of aliphatic hydroxyl groups is 1. The average molecular weight is 479 g/mol. The molecule has 3 aliphatic rings. The fraction of sp³-hybridized carbons (Fsp3) is 0.423. The number of benzene rings is 2. The predicted molar refractivity (Wildman–Crippen MR) is 131 cm³/mol. The number of epoxide rings is 1. The number of hydrogen-bond acceptors (Lipinski definition) is 8. The van der Waals surface area contributed by atoms with Crippen LogP contribution in [-0.4, -0.2) is 97.6 Å². The molecule has 2 aromatic carbocycles. The molecule has 2 aromatic rings. The van der Waals surface area contributed by atoms with Crippen LogP contribution in [-0.2, 0) is 9.53 Å². The number of fused-ring (bicyclic) bond motifs is 2. The molecule has 9 nitrogen and oxygen atoms in total. The first kappa shape index (κ1) is 23.5. The number of likely N-dealkylation sites (N-methyl/N-ethyl adjacent to an activating group) is 1. The summed E-state index contributed by atoms with van der Waals surface area (Å²) in [6.45, 7) is 5.55. The first-order valence-corrected chi connectivity index (χ1v) is 11.9. The average Bonchev–Trinajstić information content (AvgIpc) is 3.71. The molecule has 0 radical (unpaired) electrons. The quantitative estimate of drug-likeness (QED) is 0.488. The van der Waals surface area contributed by atoms with Crippen LogP contribution in [0.25, 0.3) is 0 Å². The van der Waals surface area contributed by atoms with Crippen molar-refractivity contribution >= 4 is 28.8 Å². The number of anilines is 2. The minimum Gasteiger partial charge on any atom is -0.390 e. The molecule has 2 heterocycles. The highest BCUT2D eigenvalue weighted by Gasteiger charge is 2.37. The zero-order chi connectivity index (χ0) is 24.7. The largest absolute Gasteiger partial charge is 0.390 e. The Labute approximate surface area is 204 Å². The van der Waals surface area contributed by atoms with Gasteiger partial charge in [0.1, 0.15) is 0 Å². The predicted octanol–water partition coefficient (Wildman–Crippen LogP) is 1.19. The molecule has 0 spiro atoms. The molecular weight excluding hydrogens is 448 g/mol. The van der Waals surface area contributed by atoms with E-state index < -0.39 is 6.10 Å². The van der Waals surface area contributed by atoms with Crippen LogP contribution in [0.4, 0.5) is 11.4 Å². The molecule has 0 aromatic heterocycles. The maximum atomic E-state index is 13.5. The number of piperazine rings is 1. The minimum absolute atomic E-state index is 0.0692. The number of carbonyl (C=O) groups excluding carboxylic acids is 3. The summed E-state index contributed by atoms with van der Waals surface area (Å²) >= 11 is 0. The van der Waals surface area contributed by atoms with Gasteiger partial charge in [0.25, 0.3) is 0 Å². The fourth-order valence-electron chi connectivity index (χ4n) is 4.90. The summed E-state index contributed by atoms with van der Waals surface area (Å²) in [7, 11) is 1.86. The van der Waals surface area contributed by atoms with Gasteiger partial charge >= 0.3 is 0 Å². The van der Waals surface area contributed by atoms with Crippen LogP contribution in [0.5, 0.6) is 0 Å². The Morgan fingerprint density at radius 2 is 1.71 bits per heavy atom. The van der Waals surface area contributed by atoms with Crippen LogP contribution in [0.15, 0.2) is 36.4 Å². The van der Waals surface area contributed by atoms with Crippen molar-refractivity contribution in [1.82, 2.24) is 9.80 Å². The highest BCUT2D eigenvalue weighted by Crippen LogP contribution is 2.39. The fourth-order valence-corrected chi connectivity index (χ4v) is 4.90. The van der Waals surface area contributed by atoms with Crippen molar-refractivity contribution in [2.24, 2.45) is 0 Å². The van der Waals surface area contributed by atoms with Crippen LogP contribution < -0.4 is 10.2 Å². The highest BCUT2D eigenvalue weighted by atomic mass is 16.6. The third-order valence-electron chi connectivity index (χ3n) is 7.00. The van der Waals surface area contributed by atoms with E-state index in [0.717, 1.165) is 0 Å². The maximum absolute atomic E-state index is 13.5. The van der Waals surface area contributed by atoms with Gasteiger partial charge in [-0.1, -0.05) is 24.3 Å². The molecule has 9 heteroatoms.